The van der Waals surface area contributed by atoms with Gasteiger partial charge >= 0.3 is 5.63 Å². The van der Waals surface area contributed by atoms with Crippen LogP contribution in [0.5, 0.6) is 11.5 Å². The minimum absolute atomic E-state index is 0.102. The highest BCUT2D eigenvalue weighted by Gasteiger charge is 2.17. The van der Waals surface area contributed by atoms with E-state index in [-0.39, 0.29) is 16.9 Å². The van der Waals surface area contributed by atoms with Gasteiger partial charge in [0.25, 0.3) is 11.8 Å². The van der Waals surface area contributed by atoms with Gasteiger partial charge in [-0.1, -0.05) is 18.2 Å². The number of carbonyl (C=O) groups is 2. The molecular weight excluding hydrogens is 340 g/mol. The van der Waals surface area contributed by atoms with Gasteiger partial charge in [-0.05, 0) is 30.3 Å². The lowest BCUT2D eigenvalue weighted by atomic mass is 10.1. The summed E-state index contributed by atoms with van der Waals surface area (Å²) in [5.41, 5.74) is 3.39. The predicted molar refractivity (Wildman–Crippen MR) is 92.1 cm³/mol. The Bertz CT molecular complexity index is 1060. The maximum absolute atomic E-state index is 12.2. The Morgan fingerprint density at radius 2 is 1.69 bits per heavy atom. The van der Waals surface area contributed by atoms with Gasteiger partial charge in [-0.25, -0.2) is 4.79 Å². The van der Waals surface area contributed by atoms with Crippen molar-refractivity contribution in [2.24, 2.45) is 0 Å². The number of benzene rings is 2. The van der Waals surface area contributed by atoms with Crippen molar-refractivity contribution in [3.8, 4) is 11.5 Å². The number of hydrazine groups is 1. The molecule has 26 heavy (non-hydrogen) atoms. The molecule has 3 N–H and O–H groups in total. The van der Waals surface area contributed by atoms with Crippen molar-refractivity contribution < 1.29 is 23.8 Å². The van der Waals surface area contributed by atoms with Crippen LogP contribution in [0, 0.1) is 0 Å². The van der Waals surface area contributed by atoms with E-state index in [1.165, 1.54) is 31.4 Å². The summed E-state index contributed by atoms with van der Waals surface area (Å²) in [6.45, 7) is 0. The fraction of sp³-hybridized carbons (Fsp3) is 0.0556. The summed E-state index contributed by atoms with van der Waals surface area (Å²) >= 11 is 0. The molecule has 3 aromatic rings. The fourth-order valence-electron chi connectivity index (χ4n) is 2.29. The predicted octanol–water partition coefficient (Wildman–Crippen LogP) is 1.58. The number of nitrogens with one attached hydrogen (secondary N) is 2. The molecule has 8 heteroatoms. The van der Waals surface area contributed by atoms with E-state index in [2.05, 4.69) is 10.9 Å². The van der Waals surface area contributed by atoms with Crippen molar-refractivity contribution in [2.45, 2.75) is 0 Å². The maximum Gasteiger partial charge on any atom is 0.349 e. The van der Waals surface area contributed by atoms with Crippen LogP contribution in [-0.2, 0) is 0 Å². The zero-order valence-electron chi connectivity index (χ0n) is 13.6. The third-order valence-electron chi connectivity index (χ3n) is 3.62. The smallest absolute Gasteiger partial charge is 0.349 e. The number of aromatic hydroxyl groups is 1. The number of fused-ring (bicyclic) bond motifs is 1. The third-order valence-corrected chi connectivity index (χ3v) is 3.62. The quantitative estimate of drug-likeness (QED) is 0.485. The van der Waals surface area contributed by atoms with Gasteiger partial charge in [-0.3, -0.25) is 20.4 Å². The van der Waals surface area contributed by atoms with E-state index in [1.807, 2.05) is 0 Å². The zero-order chi connectivity index (χ0) is 18.7. The van der Waals surface area contributed by atoms with Crippen LogP contribution in [0.4, 0.5) is 0 Å². The molecule has 0 atom stereocenters. The lowest BCUT2D eigenvalue weighted by Gasteiger charge is -2.09. The third kappa shape index (κ3) is 3.34. The summed E-state index contributed by atoms with van der Waals surface area (Å²) in [5.74, 6) is -1.56. The largest absolute Gasteiger partial charge is 0.507 e. The minimum atomic E-state index is -0.847. The first-order valence-corrected chi connectivity index (χ1v) is 7.50. The molecule has 2 aromatic carbocycles. The van der Waals surface area contributed by atoms with Crippen LogP contribution in [0.1, 0.15) is 20.7 Å². The van der Waals surface area contributed by atoms with Gasteiger partial charge in [0.2, 0.25) is 0 Å². The van der Waals surface area contributed by atoms with Crippen molar-refractivity contribution >= 4 is 22.8 Å². The van der Waals surface area contributed by atoms with Gasteiger partial charge in [-0.2, -0.15) is 0 Å². The average molecular weight is 354 g/mol. The summed E-state index contributed by atoms with van der Waals surface area (Å²) in [6.07, 6.45) is 0. The number of hydrogen-bond acceptors (Lipinski definition) is 6. The van der Waals surface area contributed by atoms with E-state index in [9.17, 15) is 19.5 Å². The van der Waals surface area contributed by atoms with Crippen LogP contribution >= 0.6 is 0 Å². The number of amides is 2. The van der Waals surface area contributed by atoms with E-state index in [0.29, 0.717) is 16.7 Å². The van der Waals surface area contributed by atoms with Crippen molar-refractivity contribution in [2.75, 3.05) is 7.11 Å². The van der Waals surface area contributed by atoms with Gasteiger partial charge in [0, 0.05) is 5.39 Å². The van der Waals surface area contributed by atoms with E-state index in [0.717, 1.165) is 0 Å². The average Bonchev–Trinajstić information content (AvgIpc) is 2.65. The lowest BCUT2D eigenvalue weighted by Crippen LogP contribution is -2.43. The SMILES string of the molecule is COc1ccc(O)c(C(=O)NNC(=O)c2cc3ccccc3oc2=O)c1. The van der Waals surface area contributed by atoms with E-state index >= 15 is 0 Å². The number of phenols is 1. The number of para-hydroxylation sites is 1. The van der Waals surface area contributed by atoms with Gasteiger partial charge in [-0.15, -0.1) is 0 Å². The number of methoxy groups -OCH3 is 1. The molecular formula is C18H14N2O6. The van der Waals surface area contributed by atoms with E-state index in [1.54, 1.807) is 24.3 Å². The first kappa shape index (κ1) is 17.0. The molecule has 0 saturated heterocycles. The van der Waals surface area contributed by atoms with Gasteiger partial charge < -0.3 is 14.3 Å². The summed E-state index contributed by atoms with van der Waals surface area (Å²) in [4.78, 5) is 36.2. The molecule has 0 aliphatic carbocycles. The van der Waals surface area contributed by atoms with Gasteiger partial charge in [0.05, 0.1) is 12.7 Å². The molecule has 0 saturated carbocycles. The number of hydrogen-bond donors (Lipinski definition) is 3. The number of ether oxygens (including phenoxy) is 1. The normalized spacial score (nSPS) is 10.3. The van der Waals surface area contributed by atoms with Crippen LogP contribution in [-0.4, -0.2) is 24.0 Å². The van der Waals surface area contributed by atoms with E-state index in [4.69, 9.17) is 9.15 Å². The summed E-state index contributed by atoms with van der Waals surface area (Å²) in [5, 5.41) is 10.3. The minimum Gasteiger partial charge on any atom is -0.507 e. The Morgan fingerprint density at radius 3 is 2.42 bits per heavy atom. The maximum atomic E-state index is 12.2. The molecule has 0 spiro atoms. The Balaban J connectivity index is 1.78. The highest BCUT2D eigenvalue weighted by molar-refractivity contribution is 6.01. The van der Waals surface area contributed by atoms with Crippen LogP contribution in [0.15, 0.2) is 57.7 Å². The zero-order valence-corrected chi connectivity index (χ0v) is 13.6. The van der Waals surface area contributed by atoms with Crippen LogP contribution in [0.2, 0.25) is 0 Å². The molecule has 0 radical (unpaired) electrons. The Kier molecular flexibility index (Phi) is 4.57. The molecule has 8 nitrogen and oxygen atoms in total. The first-order valence-electron chi connectivity index (χ1n) is 7.50. The van der Waals surface area contributed by atoms with Crippen LogP contribution < -0.4 is 21.2 Å². The Morgan fingerprint density at radius 1 is 1.00 bits per heavy atom. The first-order chi connectivity index (χ1) is 12.5. The standard InChI is InChI=1S/C18H14N2O6/c1-25-11-6-7-14(21)12(9-11)16(22)19-20-17(23)13-8-10-4-2-3-5-15(10)26-18(13)24/h2-9,21H,1H3,(H,19,22)(H,20,23). The second-order valence-electron chi connectivity index (χ2n) is 5.28. The fourth-order valence-corrected chi connectivity index (χ4v) is 2.29. The Labute approximate surface area is 147 Å². The number of rotatable bonds is 3. The molecule has 0 aliphatic heterocycles. The molecule has 0 bridgehead atoms. The van der Waals surface area contributed by atoms with Crippen molar-refractivity contribution in [1.29, 1.82) is 0 Å². The second-order valence-corrected chi connectivity index (χ2v) is 5.28. The summed E-state index contributed by atoms with van der Waals surface area (Å²) in [6, 6.07) is 12.2. The summed E-state index contributed by atoms with van der Waals surface area (Å²) < 4.78 is 10.0. The van der Waals surface area contributed by atoms with Crippen LogP contribution in [0.25, 0.3) is 11.0 Å². The number of carbonyl (C=O) groups excluding carboxylic acids is 2. The van der Waals surface area contributed by atoms with E-state index < -0.39 is 17.4 Å². The number of phenolic OH excluding ortho intramolecular Hbond substituents is 1. The highest BCUT2D eigenvalue weighted by atomic mass is 16.5. The Hall–Kier alpha value is -3.81. The van der Waals surface area contributed by atoms with Gasteiger partial charge in [0.15, 0.2) is 0 Å². The molecule has 2 amide bonds. The van der Waals surface area contributed by atoms with Crippen molar-refractivity contribution in [3.63, 3.8) is 0 Å². The van der Waals surface area contributed by atoms with Crippen LogP contribution in [0.3, 0.4) is 0 Å². The molecule has 3 rings (SSSR count). The second kappa shape index (κ2) is 6.98. The highest BCUT2D eigenvalue weighted by Crippen LogP contribution is 2.22. The molecule has 0 fully saturated rings. The van der Waals surface area contributed by atoms with Gasteiger partial charge in [0.1, 0.15) is 22.6 Å². The molecule has 132 valence electrons. The summed E-state index contributed by atoms with van der Waals surface area (Å²) in [7, 11) is 1.41. The lowest BCUT2D eigenvalue weighted by molar-refractivity contribution is 0.0843. The molecule has 0 unspecified atom stereocenters. The van der Waals surface area contributed by atoms with Crippen molar-refractivity contribution in [3.05, 3.63) is 70.1 Å². The molecule has 0 aliphatic rings. The monoisotopic (exact) mass is 354 g/mol. The molecule has 1 heterocycles. The molecule has 1 aromatic heterocycles. The van der Waals surface area contributed by atoms with Crippen molar-refractivity contribution in [1.82, 2.24) is 10.9 Å². The topological polar surface area (TPSA) is 118 Å².